The number of hydrogen-bond donors (Lipinski definition) is 0. The average molecular weight is 248 g/mol. The molecular formula is C12H12N2O4. The molecule has 1 fully saturated rings. The van der Waals surface area contributed by atoms with Gasteiger partial charge in [-0.1, -0.05) is 18.2 Å². The highest BCUT2D eigenvalue weighted by molar-refractivity contribution is 6.07. The zero-order valence-corrected chi connectivity index (χ0v) is 9.83. The molecule has 1 aliphatic rings. The number of anilines is 1. The number of rotatable bonds is 1. The van der Waals surface area contributed by atoms with Crippen molar-refractivity contribution in [3.63, 3.8) is 0 Å². The Bertz CT molecular complexity index is 478. The van der Waals surface area contributed by atoms with E-state index in [1.165, 1.54) is 0 Å². The van der Waals surface area contributed by atoms with Crippen molar-refractivity contribution in [2.45, 2.75) is 12.8 Å². The molecule has 0 saturated carbocycles. The SMILES string of the molecule is COC(=O)N1C(=O)CCC(=O)N1c1ccccc1. The molecule has 1 aliphatic heterocycles. The van der Waals surface area contributed by atoms with Gasteiger partial charge in [-0.15, -0.1) is 5.01 Å². The van der Waals surface area contributed by atoms with Crippen LogP contribution in [0.1, 0.15) is 12.8 Å². The third-order valence-electron chi connectivity index (χ3n) is 2.57. The number of hydrazine groups is 1. The van der Waals surface area contributed by atoms with Crippen molar-refractivity contribution in [2.24, 2.45) is 0 Å². The Morgan fingerprint density at radius 2 is 1.72 bits per heavy atom. The van der Waals surface area contributed by atoms with Crippen LogP contribution in [0.15, 0.2) is 30.3 Å². The van der Waals surface area contributed by atoms with Crippen molar-refractivity contribution in [2.75, 3.05) is 12.1 Å². The number of hydrogen-bond acceptors (Lipinski definition) is 4. The molecule has 3 amide bonds. The van der Waals surface area contributed by atoms with Gasteiger partial charge in [0.1, 0.15) is 0 Å². The lowest BCUT2D eigenvalue weighted by molar-refractivity contribution is -0.140. The first-order valence-electron chi connectivity index (χ1n) is 5.44. The van der Waals surface area contributed by atoms with E-state index in [-0.39, 0.29) is 18.7 Å². The van der Waals surface area contributed by atoms with E-state index in [2.05, 4.69) is 4.74 Å². The van der Waals surface area contributed by atoms with Crippen LogP contribution in [0.4, 0.5) is 10.5 Å². The normalized spacial score (nSPS) is 15.8. The molecule has 1 heterocycles. The molecule has 18 heavy (non-hydrogen) atoms. The first-order valence-corrected chi connectivity index (χ1v) is 5.44. The predicted octanol–water partition coefficient (Wildman–Crippen LogP) is 1.32. The van der Waals surface area contributed by atoms with Crippen molar-refractivity contribution >= 4 is 23.6 Å². The molecule has 0 bridgehead atoms. The van der Waals surface area contributed by atoms with Crippen LogP contribution in [0, 0.1) is 0 Å². The fourth-order valence-corrected chi connectivity index (χ4v) is 1.75. The van der Waals surface area contributed by atoms with Gasteiger partial charge in [-0.3, -0.25) is 9.59 Å². The van der Waals surface area contributed by atoms with Crippen LogP contribution in [0.3, 0.4) is 0 Å². The van der Waals surface area contributed by atoms with Crippen molar-refractivity contribution in [3.05, 3.63) is 30.3 Å². The zero-order chi connectivity index (χ0) is 13.1. The van der Waals surface area contributed by atoms with Crippen molar-refractivity contribution in [1.29, 1.82) is 0 Å². The molecule has 2 rings (SSSR count). The van der Waals surface area contributed by atoms with E-state index in [4.69, 9.17) is 0 Å². The maximum Gasteiger partial charge on any atom is 0.436 e. The fourth-order valence-electron chi connectivity index (χ4n) is 1.75. The molecule has 94 valence electrons. The maximum atomic E-state index is 11.9. The second-order valence-electron chi connectivity index (χ2n) is 3.72. The van der Waals surface area contributed by atoms with Crippen LogP contribution in [0.2, 0.25) is 0 Å². The van der Waals surface area contributed by atoms with Crippen LogP contribution >= 0.6 is 0 Å². The zero-order valence-electron chi connectivity index (χ0n) is 9.83. The Kier molecular flexibility index (Phi) is 3.27. The van der Waals surface area contributed by atoms with Crippen LogP contribution in [-0.4, -0.2) is 30.0 Å². The summed E-state index contributed by atoms with van der Waals surface area (Å²) in [6, 6.07) is 8.51. The molecule has 0 atom stereocenters. The Morgan fingerprint density at radius 3 is 2.33 bits per heavy atom. The van der Waals surface area contributed by atoms with Gasteiger partial charge in [0, 0.05) is 12.8 Å². The summed E-state index contributed by atoms with van der Waals surface area (Å²) in [5.74, 6) is -0.767. The molecule has 1 aromatic carbocycles. The molecule has 0 radical (unpaired) electrons. The molecule has 1 saturated heterocycles. The minimum Gasteiger partial charge on any atom is -0.451 e. The topological polar surface area (TPSA) is 66.9 Å². The molecule has 0 spiro atoms. The molecule has 0 aliphatic carbocycles. The minimum absolute atomic E-state index is 0.0112. The van der Waals surface area contributed by atoms with Crippen LogP contribution in [0.5, 0.6) is 0 Å². The highest BCUT2D eigenvalue weighted by Gasteiger charge is 2.37. The van der Waals surface area contributed by atoms with E-state index >= 15 is 0 Å². The Hall–Kier alpha value is -2.37. The summed E-state index contributed by atoms with van der Waals surface area (Å²) >= 11 is 0. The van der Waals surface area contributed by atoms with E-state index in [1.807, 2.05) is 0 Å². The lowest BCUT2D eigenvalue weighted by atomic mass is 10.2. The van der Waals surface area contributed by atoms with Gasteiger partial charge in [-0.05, 0) is 12.1 Å². The quantitative estimate of drug-likeness (QED) is 0.751. The summed E-state index contributed by atoms with van der Waals surface area (Å²) in [7, 11) is 1.16. The number of para-hydroxylation sites is 1. The lowest BCUT2D eigenvalue weighted by Crippen LogP contribution is -2.56. The van der Waals surface area contributed by atoms with Gasteiger partial charge in [-0.25, -0.2) is 9.80 Å². The third-order valence-corrected chi connectivity index (χ3v) is 2.57. The molecule has 0 aromatic heterocycles. The molecule has 0 unspecified atom stereocenters. The summed E-state index contributed by atoms with van der Waals surface area (Å²) in [6.07, 6.45) is -0.768. The van der Waals surface area contributed by atoms with Crippen LogP contribution < -0.4 is 5.01 Å². The molecule has 1 aromatic rings. The Morgan fingerprint density at radius 1 is 1.11 bits per heavy atom. The van der Waals surface area contributed by atoms with Gasteiger partial charge >= 0.3 is 6.09 Å². The van der Waals surface area contributed by atoms with E-state index in [0.717, 1.165) is 17.1 Å². The number of nitrogens with zero attached hydrogens (tertiary/aromatic N) is 2. The highest BCUT2D eigenvalue weighted by Crippen LogP contribution is 2.23. The monoisotopic (exact) mass is 248 g/mol. The van der Waals surface area contributed by atoms with Crippen molar-refractivity contribution < 1.29 is 19.1 Å². The number of carbonyl (C=O) groups excluding carboxylic acids is 3. The number of benzene rings is 1. The fraction of sp³-hybridized carbons (Fsp3) is 0.250. The van der Waals surface area contributed by atoms with E-state index in [0.29, 0.717) is 5.69 Å². The van der Waals surface area contributed by atoms with Gasteiger partial charge in [-0.2, -0.15) is 0 Å². The number of methoxy groups -OCH3 is 1. The second kappa shape index (κ2) is 4.87. The minimum atomic E-state index is -0.864. The van der Waals surface area contributed by atoms with Gasteiger partial charge in [0.15, 0.2) is 0 Å². The largest absolute Gasteiger partial charge is 0.451 e. The molecule has 6 heteroatoms. The third kappa shape index (κ3) is 2.04. The standard InChI is InChI=1S/C12H12N2O4/c1-18-12(17)14-11(16)8-7-10(15)13(14)9-5-3-2-4-6-9/h2-6H,7-8H2,1H3. The Labute approximate surface area is 104 Å². The number of imide groups is 1. The van der Waals surface area contributed by atoms with Crippen molar-refractivity contribution in [1.82, 2.24) is 5.01 Å². The van der Waals surface area contributed by atoms with Crippen LogP contribution in [0.25, 0.3) is 0 Å². The van der Waals surface area contributed by atoms with E-state index in [9.17, 15) is 14.4 Å². The number of ether oxygens (including phenoxy) is 1. The van der Waals surface area contributed by atoms with E-state index in [1.54, 1.807) is 30.3 Å². The summed E-state index contributed by atoms with van der Waals surface area (Å²) in [4.78, 5) is 35.2. The Balaban J connectivity index is 2.41. The molecular weight excluding hydrogens is 236 g/mol. The number of amides is 3. The first-order chi connectivity index (χ1) is 8.65. The number of carbonyl (C=O) groups is 3. The summed E-state index contributed by atoms with van der Waals surface area (Å²) in [6.45, 7) is 0. The molecule has 6 nitrogen and oxygen atoms in total. The van der Waals surface area contributed by atoms with Gasteiger partial charge in [0.05, 0.1) is 12.8 Å². The van der Waals surface area contributed by atoms with E-state index < -0.39 is 12.0 Å². The summed E-state index contributed by atoms with van der Waals surface area (Å²) in [5, 5.41) is 1.79. The maximum absolute atomic E-state index is 11.9. The van der Waals surface area contributed by atoms with Crippen molar-refractivity contribution in [3.8, 4) is 0 Å². The predicted molar refractivity (Wildman–Crippen MR) is 62.4 cm³/mol. The van der Waals surface area contributed by atoms with Crippen LogP contribution in [-0.2, 0) is 14.3 Å². The summed E-state index contributed by atoms with van der Waals surface area (Å²) in [5.41, 5.74) is 0.459. The smallest absolute Gasteiger partial charge is 0.436 e. The van der Waals surface area contributed by atoms with Gasteiger partial charge in [0.2, 0.25) is 5.91 Å². The lowest BCUT2D eigenvalue weighted by Gasteiger charge is -2.35. The first kappa shape index (κ1) is 12.1. The van der Waals surface area contributed by atoms with Gasteiger partial charge < -0.3 is 4.74 Å². The average Bonchev–Trinajstić information content (AvgIpc) is 2.41. The molecule has 0 N–H and O–H groups in total. The highest BCUT2D eigenvalue weighted by atomic mass is 16.5. The summed E-state index contributed by atoms with van der Waals surface area (Å²) < 4.78 is 4.53. The second-order valence-corrected chi connectivity index (χ2v) is 3.72. The van der Waals surface area contributed by atoms with Gasteiger partial charge in [0.25, 0.3) is 5.91 Å².